The number of amides is 1. The van der Waals surface area contributed by atoms with E-state index in [-0.39, 0.29) is 18.1 Å². The number of rotatable bonds is 12. The second kappa shape index (κ2) is 14.0. The first kappa shape index (κ1) is 21.9. The van der Waals surface area contributed by atoms with Gasteiger partial charge in [0.1, 0.15) is 5.82 Å². The molecule has 0 aliphatic carbocycles. The van der Waals surface area contributed by atoms with Gasteiger partial charge in [-0.1, -0.05) is 12.1 Å². The summed E-state index contributed by atoms with van der Waals surface area (Å²) in [5, 5.41) is 9.11. The molecule has 0 unspecified atom stereocenters. The molecule has 0 aromatic heterocycles. The molecule has 1 rings (SSSR count). The van der Waals surface area contributed by atoms with Crippen LogP contribution >= 0.6 is 0 Å². The number of carbonyl (C=O) groups is 1. The van der Waals surface area contributed by atoms with E-state index < -0.39 is 0 Å². The number of aliphatic imine (C=N–C) groups is 1. The second-order valence-electron chi connectivity index (χ2n) is 5.54. The molecule has 1 aromatic rings. The third-order valence-corrected chi connectivity index (χ3v) is 3.43. The smallest absolute Gasteiger partial charge is 0.224 e. The highest BCUT2D eigenvalue weighted by Gasteiger charge is 2.03. The Morgan fingerprint density at radius 3 is 2.42 bits per heavy atom. The van der Waals surface area contributed by atoms with E-state index in [0.717, 1.165) is 18.5 Å². The van der Waals surface area contributed by atoms with Gasteiger partial charge >= 0.3 is 0 Å². The number of ether oxygens (including phenoxy) is 2. The third kappa shape index (κ3) is 10.6. The van der Waals surface area contributed by atoms with Crippen molar-refractivity contribution in [3.05, 3.63) is 35.6 Å². The van der Waals surface area contributed by atoms with Gasteiger partial charge in [-0.05, 0) is 24.1 Å². The first-order chi connectivity index (χ1) is 12.7. The largest absolute Gasteiger partial charge is 0.382 e. The molecule has 1 aromatic carbocycles. The number of hydrogen-bond donors (Lipinski definition) is 3. The SMILES string of the molecule is CN=C(NCCCOCCOC)NCCNC(=O)Cc1ccc(F)cc1. The second-order valence-corrected chi connectivity index (χ2v) is 5.54. The van der Waals surface area contributed by atoms with Crippen molar-refractivity contribution in [3.63, 3.8) is 0 Å². The number of nitrogens with one attached hydrogen (secondary N) is 3. The van der Waals surface area contributed by atoms with Crippen molar-refractivity contribution in [1.82, 2.24) is 16.0 Å². The number of benzene rings is 1. The molecule has 0 bridgehead atoms. The molecule has 0 aliphatic rings. The molecule has 0 saturated heterocycles. The van der Waals surface area contributed by atoms with Crippen molar-refractivity contribution in [2.45, 2.75) is 12.8 Å². The molecule has 26 heavy (non-hydrogen) atoms. The van der Waals surface area contributed by atoms with Gasteiger partial charge in [0.05, 0.1) is 19.6 Å². The molecule has 0 radical (unpaired) electrons. The van der Waals surface area contributed by atoms with Crippen LogP contribution in [-0.2, 0) is 20.7 Å². The lowest BCUT2D eigenvalue weighted by Gasteiger charge is -2.12. The minimum Gasteiger partial charge on any atom is -0.382 e. The molecule has 0 saturated carbocycles. The van der Waals surface area contributed by atoms with Crippen LogP contribution in [0.3, 0.4) is 0 Å². The number of guanidine groups is 1. The number of carbonyl (C=O) groups excluding carboxylic acids is 1. The summed E-state index contributed by atoms with van der Waals surface area (Å²) < 4.78 is 23.1. The monoisotopic (exact) mass is 368 g/mol. The lowest BCUT2D eigenvalue weighted by molar-refractivity contribution is -0.120. The van der Waals surface area contributed by atoms with Gasteiger partial charge in [-0.2, -0.15) is 0 Å². The van der Waals surface area contributed by atoms with E-state index in [2.05, 4.69) is 20.9 Å². The number of hydrogen-bond acceptors (Lipinski definition) is 4. The average molecular weight is 368 g/mol. The van der Waals surface area contributed by atoms with Crippen molar-refractivity contribution in [1.29, 1.82) is 0 Å². The Morgan fingerprint density at radius 2 is 1.73 bits per heavy atom. The summed E-state index contributed by atoms with van der Waals surface area (Å²) in [4.78, 5) is 15.9. The summed E-state index contributed by atoms with van der Waals surface area (Å²) in [5.41, 5.74) is 0.780. The average Bonchev–Trinajstić information content (AvgIpc) is 2.64. The van der Waals surface area contributed by atoms with Crippen LogP contribution in [0.2, 0.25) is 0 Å². The van der Waals surface area contributed by atoms with E-state index in [1.807, 2.05) is 0 Å². The van der Waals surface area contributed by atoms with Gasteiger partial charge in [0, 0.05) is 40.4 Å². The molecular formula is C18H29FN4O3. The minimum atomic E-state index is -0.307. The van der Waals surface area contributed by atoms with E-state index >= 15 is 0 Å². The Hall–Kier alpha value is -2.19. The summed E-state index contributed by atoms with van der Waals surface area (Å²) in [7, 11) is 3.34. The van der Waals surface area contributed by atoms with Gasteiger partial charge in [0.15, 0.2) is 5.96 Å². The Kier molecular flexibility index (Phi) is 11.8. The molecule has 8 heteroatoms. The Balaban J connectivity index is 2.07. The van der Waals surface area contributed by atoms with E-state index in [1.54, 1.807) is 26.3 Å². The quantitative estimate of drug-likeness (QED) is 0.287. The number of nitrogens with zero attached hydrogens (tertiary/aromatic N) is 1. The topological polar surface area (TPSA) is 84.0 Å². The standard InChI is InChI=1S/C18H29FN4O3/c1-20-18(22-8-3-11-26-13-12-25-2)23-10-9-21-17(24)14-15-4-6-16(19)7-5-15/h4-7H,3,8-14H2,1-2H3,(H,21,24)(H2,20,22,23). The van der Waals surface area contributed by atoms with Crippen LogP contribution in [0.1, 0.15) is 12.0 Å². The summed E-state index contributed by atoms with van der Waals surface area (Å²) in [5.74, 6) is 0.267. The zero-order valence-corrected chi connectivity index (χ0v) is 15.5. The summed E-state index contributed by atoms with van der Waals surface area (Å²) in [6, 6.07) is 5.92. The number of methoxy groups -OCH3 is 1. The predicted octanol–water partition coefficient (Wildman–Crippen LogP) is 0.703. The van der Waals surface area contributed by atoms with Crippen molar-refractivity contribution >= 4 is 11.9 Å². The molecule has 0 spiro atoms. The van der Waals surface area contributed by atoms with E-state index in [1.165, 1.54) is 12.1 Å². The Labute approximate surface area is 154 Å². The summed E-state index contributed by atoms with van der Waals surface area (Å²) in [6.07, 6.45) is 1.09. The maximum Gasteiger partial charge on any atom is 0.224 e. The highest BCUT2D eigenvalue weighted by molar-refractivity contribution is 5.80. The van der Waals surface area contributed by atoms with Crippen molar-refractivity contribution < 1.29 is 18.7 Å². The lowest BCUT2D eigenvalue weighted by atomic mass is 10.1. The fourth-order valence-corrected chi connectivity index (χ4v) is 2.08. The van der Waals surface area contributed by atoms with Gasteiger partial charge < -0.3 is 25.4 Å². The molecule has 7 nitrogen and oxygen atoms in total. The molecule has 0 fully saturated rings. The maximum atomic E-state index is 12.8. The van der Waals surface area contributed by atoms with Crippen LogP contribution in [-0.4, -0.2) is 65.5 Å². The van der Waals surface area contributed by atoms with Crippen LogP contribution in [0.25, 0.3) is 0 Å². The normalized spacial score (nSPS) is 11.3. The zero-order chi connectivity index (χ0) is 19.0. The molecule has 1 amide bonds. The molecule has 3 N–H and O–H groups in total. The van der Waals surface area contributed by atoms with Crippen molar-refractivity contribution in [2.75, 3.05) is 53.6 Å². The molecular weight excluding hydrogens is 339 g/mol. The molecule has 0 heterocycles. The van der Waals surface area contributed by atoms with Gasteiger partial charge in [-0.25, -0.2) is 4.39 Å². The van der Waals surface area contributed by atoms with Gasteiger partial charge in [0.25, 0.3) is 0 Å². The van der Waals surface area contributed by atoms with Crippen LogP contribution in [0.4, 0.5) is 4.39 Å². The first-order valence-electron chi connectivity index (χ1n) is 8.68. The predicted molar refractivity (Wildman–Crippen MR) is 99.8 cm³/mol. The maximum absolute atomic E-state index is 12.8. The van der Waals surface area contributed by atoms with E-state index in [4.69, 9.17) is 9.47 Å². The first-order valence-corrected chi connectivity index (χ1v) is 8.68. The van der Waals surface area contributed by atoms with Crippen LogP contribution in [0.5, 0.6) is 0 Å². The minimum absolute atomic E-state index is 0.102. The van der Waals surface area contributed by atoms with Crippen LogP contribution in [0.15, 0.2) is 29.3 Å². The Morgan fingerprint density at radius 1 is 1.04 bits per heavy atom. The highest BCUT2D eigenvalue weighted by Crippen LogP contribution is 2.03. The zero-order valence-electron chi connectivity index (χ0n) is 15.5. The fourth-order valence-electron chi connectivity index (χ4n) is 2.08. The van der Waals surface area contributed by atoms with E-state index in [0.29, 0.717) is 38.9 Å². The van der Waals surface area contributed by atoms with Gasteiger partial charge in [-0.3, -0.25) is 9.79 Å². The molecule has 146 valence electrons. The van der Waals surface area contributed by atoms with E-state index in [9.17, 15) is 9.18 Å². The van der Waals surface area contributed by atoms with Crippen LogP contribution in [0, 0.1) is 5.82 Å². The van der Waals surface area contributed by atoms with Crippen LogP contribution < -0.4 is 16.0 Å². The molecule has 0 atom stereocenters. The van der Waals surface area contributed by atoms with Gasteiger partial charge in [-0.15, -0.1) is 0 Å². The third-order valence-electron chi connectivity index (χ3n) is 3.43. The van der Waals surface area contributed by atoms with Crippen molar-refractivity contribution in [3.8, 4) is 0 Å². The Bertz CT molecular complexity index is 538. The lowest BCUT2D eigenvalue weighted by Crippen LogP contribution is -2.42. The summed E-state index contributed by atoms with van der Waals surface area (Å²) >= 11 is 0. The molecule has 0 aliphatic heterocycles. The fraction of sp³-hybridized carbons (Fsp3) is 0.556. The summed E-state index contributed by atoms with van der Waals surface area (Å²) in [6.45, 7) is 3.63. The van der Waals surface area contributed by atoms with Crippen molar-refractivity contribution in [2.24, 2.45) is 4.99 Å². The number of halogens is 1. The van der Waals surface area contributed by atoms with Gasteiger partial charge in [0.2, 0.25) is 5.91 Å². The highest BCUT2D eigenvalue weighted by atomic mass is 19.1.